The molecule has 0 aliphatic rings. The molecule has 1 amide bonds. The third-order valence-electron chi connectivity index (χ3n) is 3.39. The van der Waals surface area contributed by atoms with Crippen molar-refractivity contribution in [3.8, 4) is 5.75 Å². The van der Waals surface area contributed by atoms with Crippen molar-refractivity contribution in [1.29, 1.82) is 0 Å². The third kappa shape index (κ3) is 4.87. The Morgan fingerprint density at radius 2 is 2.00 bits per heavy atom. The molecule has 0 unspecified atom stereocenters. The van der Waals surface area contributed by atoms with Crippen LogP contribution in [0.1, 0.15) is 36.2 Å². The quantitative estimate of drug-likeness (QED) is 0.473. The lowest BCUT2D eigenvalue weighted by atomic mass is 10.1. The Bertz CT molecular complexity index is 802. The summed E-state index contributed by atoms with van der Waals surface area (Å²) in [6, 6.07) is 13.0. The lowest BCUT2D eigenvalue weighted by molar-refractivity contribution is -0.384. The number of hydrazone groups is 1. The van der Waals surface area contributed by atoms with Gasteiger partial charge in [0.05, 0.1) is 22.8 Å². The van der Waals surface area contributed by atoms with Gasteiger partial charge in [-0.25, -0.2) is 5.43 Å². The summed E-state index contributed by atoms with van der Waals surface area (Å²) in [4.78, 5) is 22.7. The van der Waals surface area contributed by atoms with Crippen LogP contribution in [0.5, 0.6) is 5.75 Å². The molecule has 2 aromatic rings. The summed E-state index contributed by atoms with van der Waals surface area (Å²) in [7, 11) is 0. The number of hydrogen-bond acceptors (Lipinski definition) is 5. The first-order chi connectivity index (χ1) is 12.0. The third-order valence-corrected chi connectivity index (χ3v) is 3.39. The van der Waals surface area contributed by atoms with Crippen molar-refractivity contribution in [2.24, 2.45) is 5.10 Å². The van der Waals surface area contributed by atoms with E-state index >= 15 is 0 Å². The molecule has 0 fully saturated rings. The summed E-state index contributed by atoms with van der Waals surface area (Å²) in [5.41, 5.74) is 3.83. The van der Waals surface area contributed by atoms with Gasteiger partial charge in [-0.1, -0.05) is 31.2 Å². The normalized spacial score (nSPS) is 11.0. The van der Waals surface area contributed by atoms with Gasteiger partial charge < -0.3 is 4.74 Å². The average molecular weight is 341 g/mol. The number of benzene rings is 2. The molecule has 2 rings (SSSR count). The Labute approximate surface area is 145 Å². The number of rotatable bonds is 7. The van der Waals surface area contributed by atoms with Crippen LogP contribution in [0, 0.1) is 10.1 Å². The zero-order valence-corrected chi connectivity index (χ0v) is 14.1. The minimum Gasteiger partial charge on any atom is -0.493 e. The van der Waals surface area contributed by atoms with E-state index in [9.17, 15) is 14.9 Å². The van der Waals surface area contributed by atoms with E-state index in [1.807, 2.05) is 6.92 Å². The summed E-state index contributed by atoms with van der Waals surface area (Å²) in [6.07, 6.45) is 0.833. The van der Waals surface area contributed by atoms with Crippen LogP contribution in [0.25, 0.3) is 0 Å². The average Bonchev–Trinajstić information content (AvgIpc) is 2.64. The van der Waals surface area contributed by atoms with Crippen molar-refractivity contribution in [3.05, 3.63) is 69.8 Å². The van der Waals surface area contributed by atoms with Crippen LogP contribution in [0.2, 0.25) is 0 Å². The highest BCUT2D eigenvalue weighted by Crippen LogP contribution is 2.18. The number of nitro groups is 1. The predicted octanol–water partition coefficient (Wildman–Crippen LogP) is 3.54. The molecule has 0 aromatic heterocycles. The summed E-state index contributed by atoms with van der Waals surface area (Å²) >= 11 is 0. The van der Waals surface area contributed by atoms with E-state index in [0.717, 1.165) is 6.42 Å². The van der Waals surface area contributed by atoms with Gasteiger partial charge in [0.2, 0.25) is 0 Å². The van der Waals surface area contributed by atoms with E-state index in [-0.39, 0.29) is 5.69 Å². The van der Waals surface area contributed by atoms with Gasteiger partial charge >= 0.3 is 0 Å². The molecule has 0 radical (unpaired) electrons. The molecule has 2 aromatic carbocycles. The number of non-ortho nitro benzene ring substituents is 1. The molecule has 7 heteroatoms. The Balaban J connectivity index is 2.14. The van der Waals surface area contributed by atoms with Crippen LogP contribution in [0.15, 0.2) is 53.6 Å². The topological polar surface area (TPSA) is 93.8 Å². The predicted molar refractivity (Wildman–Crippen MR) is 95.0 cm³/mol. The van der Waals surface area contributed by atoms with Crippen LogP contribution in [0.4, 0.5) is 5.69 Å². The summed E-state index contributed by atoms with van der Waals surface area (Å²) in [5, 5.41) is 14.9. The lowest BCUT2D eigenvalue weighted by Crippen LogP contribution is -2.20. The number of carbonyl (C=O) groups is 1. The Morgan fingerprint density at radius 3 is 2.72 bits per heavy atom. The first-order valence-corrected chi connectivity index (χ1v) is 7.84. The van der Waals surface area contributed by atoms with Gasteiger partial charge in [-0.15, -0.1) is 0 Å². The number of amides is 1. The van der Waals surface area contributed by atoms with Crippen LogP contribution in [0.3, 0.4) is 0 Å². The van der Waals surface area contributed by atoms with E-state index in [0.29, 0.717) is 29.2 Å². The van der Waals surface area contributed by atoms with Crippen molar-refractivity contribution in [2.75, 3.05) is 6.61 Å². The van der Waals surface area contributed by atoms with Gasteiger partial charge in [0.25, 0.3) is 11.6 Å². The molecule has 0 aliphatic carbocycles. The van der Waals surface area contributed by atoms with E-state index in [1.54, 1.807) is 43.3 Å². The molecule has 0 heterocycles. The number of hydrogen-bond donors (Lipinski definition) is 1. The SMILES string of the molecule is CCCOc1ccccc1C(=O)NN=C(C)c1cccc([N+](=O)[O-])c1. The molecule has 0 saturated carbocycles. The second-order valence-corrected chi connectivity index (χ2v) is 5.29. The van der Waals surface area contributed by atoms with E-state index in [2.05, 4.69) is 10.5 Å². The smallest absolute Gasteiger partial charge is 0.275 e. The van der Waals surface area contributed by atoms with Crippen molar-refractivity contribution in [2.45, 2.75) is 20.3 Å². The Hall–Kier alpha value is -3.22. The number of nitrogens with one attached hydrogen (secondary N) is 1. The van der Waals surface area contributed by atoms with Gasteiger partial charge in [-0.05, 0) is 25.5 Å². The number of para-hydroxylation sites is 1. The Morgan fingerprint density at radius 1 is 1.24 bits per heavy atom. The van der Waals surface area contributed by atoms with Gasteiger partial charge in [0.1, 0.15) is 5.75 Å². The number of carbonyl (C=O) groups excluding carboxylic acids is 1. The van der Waals surface area contributed by atoms with Gasteiger partial charge in [0, 0.05) is 17.7 Å². The molecule has 0 atom stereocenters. The zero-order valence-electron chi connectivity index (χ0n) is 14.1. The van der Waals surface area contributed by atoms with Crippen LogP contribution < -0.4 is 10.2 Å². The lowest BCUT2D eigenvalue weighted by Gasteiger charge is -2.09. The van der Waals surface area contributed by atoms with Crippen molar-refractivity contribution in [1.82, 2.24) is 5.43 Å². The maximum atomic E-state index is 12.3. The molecular weight excluding hydrogens is 322 g/mol. The standard InChI is InChI=1S/C18H19N3O4/c1-3-11-25-17-10-5-4-9-16(17)18(22)20-19-13(2)14-7-6-8-15(12-14)21(23)24/h4-10,12H,3,11H2,1-2H3,(H,20,22). The summed E-state index contributed by atoms with van der Waals surface area (Å²) in [6.45, 7) is 4.16. The number of nitrogens with zero attached hydrogens (tertiary/aromatic N) is 2. The van der Waals surface area contributed by atoms with Crippen LogP contribution in [-0.2, 0) is 0 Å². The molecule has 0 bridgehead atoms. The fourth-order valence-corrected chi connectivity index (χ4v) is 2.10. The molecular formula is C18H19N3O4. The largest absolute Gasteiger partial charge is 0.493 e. The second-order valence-electron chi connectivity index (χ2n) is 5.29. The van der Waals surface area contributed by atoms with Crippen molar-refractivity contribution >= 4 is 17.3 Å². The molecule has 7 nitrogen and oxygen atoms in total. The molecule has 1 N–H and O–H groups in total. The maximum absolute atomic E-state index is 12.3. The van der Waals surface area contributed by atoms with E-state index < -0.39 is 10.8 Å². The maximum Gasteiger partial charge on any atom is 0.275 e. The van der Waals surface area contributed by atoms with E-state index in [1.165, 1.54) is 12.1 Å². The zero-order chi connectivity index (χ0) is 18.2. The minimum absolute atomic E-state index is 0.0308. The monoisotopic (exact) mass is 341 g/mol. The summed E-state index contributed by atoms with van der Waals surface area (Å²) < 4.78 is 5.56. The highest BCUT2D eigenvalue weighted by atomic mass is 16.6. The molecule has 0 saturated heterocycles. The second kappa shape index (κ2) is 8.58. The van der Waals surface area contributed by atoms with Crippen LogP contribution in [-0.4, -0.2) is 23.1 Å². The van der Waals surface area contributed by atoms with Crippen molar-refractivity contribution in [3.63, 3.8) is 0 Å². The van der Waals surface area contributed by atoms with Crippen molar-refractivity contribution < 1.29 is 14.5 Å². The fraction of sp³-hybridized carbons (Fsp3) is 0.222. The van der Waals surface area contributed by atoms with Crippen LogP contribution >= 0.6 is 0 Å². The van der Waals surface area contributed by atoms with Gasteiger partial charge in [-0.3, -0.25) is 14.9 Å². The summed E-state index contributed by atoms with van der Waals surface area (Å²) in [5.74, 6) is 0.0848. The fourth-order valence-electron chi connectivity index (χ4n) is 2.10. The number of nitro benzene ring substituents is 1. The molecule has 130 valence electrons. The highest BCUT2D eigenvalue weighted by Gasteiger charge is 2.12. The van der Waals surface area contributed by atoms with E-state index in [4.69, 9.17) is 4.74 Å². The number of ether oxygens (including phenoxy) is 1. The highest BCUT2D eigenvalue weighted by molar-refractivity contribution is 6.01. The minimum atomic E-state index is -0.476. The first-order valence-electron chi connectivity index (χ1n) is 7.84. The molecule has 25 heavy (non-hydrogen) atoms. The Kier molecular flexibility index (Phi) is 6.22. The van der Waals surface area contributed by atoms with Gasteiger partial charge in [0.15, 0.2) is 0 Å². The molecule has 0 spiro atoms. The van der Waals surface area contributed by atoms with Gasteiger partial charge in [-0.2, -0.15) is 5.10 Å². The molecule has 0 aliphatic heterocycles. The first kappa shape index (κ1) is 18.1.